The van der Waals surface area contributed by atoms with Gasteiger partial charge in [-0.05, 0) is 41.6 Å². The topological polar surface area (TPSA) is 57.8 Å². The average molecular weight is 381 g/mol. The highest BCUT2D eigenvalue weighted by molar-refractivity contribution is 7.21. The molecular weight excluding hydrogens is 361 g/mol. The number of imidazole rings is 1. The molecule has 0 spiro atoms. The van der Waals surface area contributed by atoms with Crippen molar-refractivity contribution in [3.8, 4) is 0 Å². The lowest BCUT2D eigenvalue weighted by Crippen LogP contribution is -2.26. The van der Waals surface area contributed by atoms with E-state index in [1.165, 1.54) is 17.5 Å². The molecule has 0 unspecified atom stereocenters. The summed E-state index contributed by atoms with van der Waals surface area (Å²) in [5.41, 5.74) is 2.54. The molecule has 27 heavy (non-hydrogen) atoms. The SMILES string of the molecule is CCCc1c(C(=O)NCCc2nc3ccc(F)cc3[nH]2)sc2ccccc12. The van der Waals surface area contributed by atoms with Crippen molar-refractivity contribution in [2.45, 2.75) is 26.2 Å². The molecule has 2 aromatic carbocycles. The molecule has 138 valence electrons. The van der Waals surface area contributed by atoms with Gasteiger partial charge in [0.1, 0.15) is 11.6 Å². The van der Waals surface area contributed by atoms with Gasteiger partial charge in [0, 0.05) is 17.7 Å². The van der Waals surface area contributed by atoms with Crippen molar-refractivity contribution in [1.29, 1.82) is 0 Å². The summed E-state index contributed by atoms with van der Waals surface area (Å²) in [4.78, 5) is 21.1. The van der Waals surface area contributed by atoms with Crippen LogP contribution in [0.25, 0.3) is 21.1 Å². The third-order valence-corrected chi connectivity index (χ3v) is 5.76. The second kappa shape index (κ2) is 7.48. The van der Waals surface area contributed by atoms with Crippen LogP contribution in [0.4, 0.5) is 4.39 Å². The fraction of sp³-hybridized carbons (Fsp3) is 0.238. The molecule has 0 bridgehead atoms. The number of halogens is 1. The van der Waals surface area contributed by atoms with Crippen molar-refractivity contribution >= 4 is 38.4 Å². The number of benzene rings is 2. The van der Waals surface area contributed by atoms with E-state index in [1.807, 2.05) is 12.1 Å². The number of fused-ring (bicyclic) bond motifs is 2. The van der Waals surface area contributed by atoms with Gasteiger partial charge in [0.15, 0.2) is 0 Å². The Morgan fingerprint density at radius 1 is 1.22 bits per heavy atom. The predicted molar refractivity (Wildman–Crippen MR) is 108 cm³/mol. The molecule has 0 atom stereocenters. The number of aryl methyl sites for hydroxylation is 1. The normalized spacial score (nSPS) is 11.3. The molecule has 0 aliphatic carbocycles. The molecule has 2 aromatic heterocycles. The van der Waals surface area contributed by atoms with Gasteiger partial charge in [-0.15, -0.1) is 11.3 Å². The molecule has 0 aliphatic rings. The molecule has 4 aromatic rings. The highest BCUT2D eigenvalue weighted by atomic mass is 32.1. The van der Waals surface area contributed by atoms with Crippen molar-refractivity contribution in [1.82, 2.24) is 15.3 Å². The van der Waals surface area contributed by atoms with Crippen molar-refractivity contribution in [3.63, 3.8) is 0 Å². The van der Waals surface area contributed by atoms with Crippen LogP contribution in [0.15, 0.2) is 42.5 Å². The largest absolute Gasteiger partial charge is 0.351 e. The van der Waals surface area contributed by atoms with Gasteiger partial charge in [0.2, 0.25) is 0 Å². The zero-order valence-electron chi connectivity index (χ0n) is 15.0. The van der Waals surface area contributed by atoms with Crippen LogP contribution in [0.5, 0.6) is 0 Å². The lowest BCUT2D eigenvalue weighted by molar-refractivity contribution is 0.0957. The third-order valence-electron chi connectivity index (χ3n) is 4.54. The molecule has 0 radical (unpaired) electrons. The minimum absolute atomic E-state index is 0.0400. The summed E-state index contributed by atoms with van der Waals surface area (Å²) in [6, 6.07) is 12.6. The Kier molecular flexibility index (Phi) is 4.90. The number of thiophene rings is 1. The van der Waals surface area contributed by atoms with Crippen molar-refractivity contribution in [2.75, 3.05) is 6.54 Å². The van der Waals surface area contributed by atoms with E-state index in [0.29, 0.717) is 18.5 Å². The molecule has 0 aliphatic heterocycles. The Balaban J connectivity index is 1.47. The first kappa shape index (κ1) is 17.7. The number of aromatic nitrogens is 2. The van der Waals surface area contributed by atoms with Crippen LogP contribution in [-0.2, 0) is 12.8 Å². The Hall–Kier alpha value is -2.73. The quantitative estimate of drug-likeness (QED) is 0.502. The van der Waals surface area contributed by atoms with Crippen molar-refractivity contribution < 1.29 is 9.18 Å². The maximum absolute atomic E-state index is 13.3. The van der Waals surface area contributed by atoms with Crippen LogP contribution in [0.2, 0.25) is 0 Å². The summed E-state index contributed by atoms with van der Waals surface area (Å²) in [5.74, 6) is 0.405. The van der Waals surface area contributed by atoms with E-state index in [4.69, 9.17) is 0 Å². The number of hydrogen-bond donors (Lipinski definition) is 2. The van der Waals surface area contributed by atoms with Gasteiger partial charge in [-0.25, -0.2) is 9.37 Å². The maximum atomic E-state index is 13.3. The second-order valence-electron chi connectivity index (χ2n) is 6.51. The van der Waals surface area contributed by atoms with E-state index in [2.05, 4.69) is 34.3 Å². The van der Waals surface area contributed by atoms with Crippen LogP contribution in [0, 0.1) is 5.82 Å². The predicted octanol–water partition coefficient (Wildman–Crippen LogP) is 4.84. The number of nitrogens with one attached hydrogen (secondary N) is 2. The maximum Gasteiger partial charge on any atom is 0.261 e. The molecule has 0 saturated heterocycles. The molecular formula is C21H20FN3OS. The number of carbonyl (C=O) groups is 1. The van der Waals surface area contributed by atoms with E-state index in [1.54, 1.807) is 17.4 Å². The monoisotopic (exact) mass is 381 g/mol. The van der Waals surface area contributed by atoms with Gasteiger partial charge in [-0.3, -0.25) is 4.79 Å². The number of H-pyrrole nitrogens is 1. The van der Waals surface area contributed by atoms with E-state index < -0.39 is 0 Å². The Labute approximate surface area is 160 Å². The first-order valence-corrected chi connectivity index (χ1v) is 9.90. The van der Waals surface area contributed by atoms with Gasteiger partial charge in [0.25, 0.3) is 5.91 Å². The molecule has 0 fully saturated rings. The molecule has 6 heteroatoms. The fourth-order valence-electron chi connectivity index (χ4n) is 3.31. The highest BCUT2D eigenvalue weighted by Gasteiger charge is 2.17. The minimum Gasteiger partial charge on any atom is -0.351 e. The van der Waals surface area contributed by atoms with Gasteiger partial charge in [-0.1, -0.05) is 31.5 Å². The lowest BCUT2D eigenvalue weighted by Gasteiger charge is -2.05. The number of hydrogen-bond acceptors (Lipinski definition) is 3. The van der Waals surface area contributed by atoms with E-state index in [0.717, 1.165) is 39.3 Å². The summed E-state index contributed by atoms with van der Waals surface area (Å²) in [6.45, 7) is 2.60. The molecule has 2 N–H and O–H groups in total. The minimum atomic E-state index is -0.292. The summed E-state index contributed by atoms with van der Waals surface area (Å²) < 4.78 is 14.4. The number of carbonyl (C=O) groups excluding carboxylic acids is 1. The number of nitrogens with zero attached hydrogens (tertiary/aromatic N) is 1. The third kappa shape index (κ3) is 3.57. The smallest absolute Gasteiger partial charge is 0.261 e. The number of amides is 1. The van der Waals surface area contributed by atoms with Crippen molar-refractivity contribution in [3.05, 3.63) is 64.5 Å². The lowest BCUT2D eigenvalue weighted by atomic mass is 10.1. The number of aromatic amines is 1. The summed E-state index contributed by atoms with van der Waals surface area (Å²) >= 11 is 1.55. The summed E-state index contributed by atoms with van der Waals surface area (Å²) in [7, 11) is 0. The first-order chi connectivity index (χ1) is 13.2. The van der Waals surface area contributed by atoms with E-state index in [-0.39, 0.29) is 11.7 Å². The molecule has 0 saturated carbocycles. The van der Waals surface area contributed by atoms with Crippen LogP contribution in [-0.4, -0.2) is 22.4 Å². The highest BCUT2D eigenvalue weighted by Crippen LogP contribution is 2.32. The summed E-state index contributed by atoms with van der Waals surface area (Å²) in [6.07, 6.45) is 2.45. The Morgan fingerprint density at radius 2 is 2.07 bits per heavy atom. The van der Waals surface area contributed by atoms with Gasteiger partial charge >= 0.3 is 0 Å². The van der Waals surface area contributed by atoms with Gasteiger partial charge in [0.05, 0.1) is 15.9 Å². The standard InChI is InChI=1S/C21H20FN3OS/c1-2-5-15-14-6-3-4-7-18(14)27-20(15)21(26)23-11-10-19-24-16-9-8-13(22)12-17(16)25-19/h3-4,6-9,12H,2,5,10-11H2,1H3,(H,23,26)(H,24,25). The number of rotatable bonds is 6. The van der Waals surface area contributed by atoms with E-state index in [9.17, 15) is 9.18 Å². The Morgan fingerprint density at radius 3 is 2.93 bits per heavy atom. The second-order valence-corrected chi connectivity index (χ2v) is 7.56. The van der Waals surface area contributed by atoms with Crippen LogP contribution >= 0.6 is 11.3 Å². The van der Waals surface area contributed by atoms with Crippen LogP contribution < -0.4 is 5.32 Å². The molecule has 4 nitrogen and oxygen atoms in total. The van der Waals surface area contributed by atoms with Crippen LogP contribution in [0.1, 0.15) is 34.4 Å². The van der Waals surface area contributed by atoms with Crippen molar-refractivity contribution in [2.24, 2.45) is 0 Å². The van der Waals surface area contributed by atoms with Gasteiger partial charge in [-0.2, -0.15) is 0 Å². The van der Waals surface area contributed by atoms with E-state index >= 15 is 0 Å². The zero-order valence-corrected chi connectivity index (χ0v) is 15.8. The fourth-order valence-corrected chi connectivity index (χ4v) is 4.48. The molecule has 1 amide bonds. The first-order valence-electron chi connectivity index (χ1n) is 9.08. The Bertz CT molecular complexity index is 1120. The van der Waals surface area contributed by atoms with Gasteiger partial charge < -0.3 is 10.3 Å². The summed E-state index contributed by atoms with van der Waals surface area (Å²) in [5, 5.41) is 4.18. The molecule has 2 heterocycles. The average Bonchev–Trinajstić information content (AvgIpc) is 3.23. The van der Waals surface area contributed by atoms with Crippen LogP contribution in [0.3, 0.4) is 0 Å². The zero-order chi connectivity index (χ0) is 18.8. The molecule has 4 rings (SSSR count).